The first-order valence-electron chi connectivity index (χ1n) is 6.55. The van der Waals surface area contributed by atoms with Gasteiger partial charge in [-0.1, -0.05) is 18.2 Å². The number of aromatic amines is 1. The van der Waals surface area contributed by atoms with Gasteiger partial charge in [0, 0.05) is 12.2 Å². The highest BCUT2D eigenvalue weighted by Gasteiger charge is 2.09. The zero-order valence-electron chi connectivity index (χ0n) is 11.5. The van der Waals surface area contributed by atoms with Gasteiger partial charge in [0.05, 0.1) is 5.69 Å². The van der Waals surface area contributed by atoms with E-state index >= 15 is 0 Å². The van der Waals surface area contributed by atoms with Gasteiger partial charge in [-0.2, -0.15) is 10.4 Å². The normalized spacial score (nSPS) is 11.1. The largest absolute Gasteiger partial charge is 0.381 e. The maximum absolute atomic E-state index is 8.95. The number of para-hydroxylation sites is 1. The molecule has 21 heavy (non-hydrogen) atoms. The fourth-order valence-corrected chi connectivity index (χ4v) is 1.86. The van der Waals surface area contributed by atoms with Crippen molar-refractivity contribution in [3.63, 3.8) is 0 Å². The number of nitrogen functional groups attached to an aromatic ring is 1. The first-order chi connectivity index (χ1) is 10.2. The van der Waals surface area contributed by atoms with Gasteiger partial charge < -0.3 is 16.8 Å². The van der Waals surface area contributed by atoms with Crippen molar-refractivity contribution in [2.75, 3.05) is 17.6 Å². The molecule has 0 atom stereocenters. The van der Waals surface area contributed by atoms with E-state index in [1.54, 1.807) is 0 Å². The van der Waals surface area contributed by atoms with Gasteiger partial charge >= 0.3 is 0 Å². The molecule has 0 radical (unpaired) electrons. The summed E-state index contributed by atoms with van der Waals surface area (Å²) in [6.07, 6.45) is 1.39. The molecular weight excluding hydrogens is 266 g/mol. The molecule has 7 nitrogen and oxygen atoms in total. The van der Waals surface area contributed by atoms with E-state index in [0.29, 0.717) is 24.5 Å². The second-order valence-electron chi connectivity index (χ2n) is 4.44. The van der Waals surface area contributed by atoms with Crippen molar-refractivity contribution >= 4 is 17.5 Å². The van der Waals surface area contributed by atoms with Gasteiger partial charge in [0.25, 0.3) is 0 Å². The molecule has 0 saturated carbocycles. The maximum Gasteiger partial charge on any atom is 0.193 e. The minimum Gasteiger partial charge on any atom is -0.381 e. The van der Waals surface area contributed by atoms with Crippen LogP contribution >= 0.6 is 0 Å². The van der Waals surface area contributed by atoms with Gasteiger partial charge in [0.2, 0.25) is 0 Å². The van der Waals surface area contributed by atoms with Gasteiger partial charge in [-0.25, -0.2) is 0 Å². The molecule has 7 heteroatoms. The third-order valence-electron chi connectivity index (χ3n) is 2.89. The lowest BCUT2D eigenvalue weighted by Gasteiger charge is -2.04. The van der Waals surface area contributed by atoms with Crippen molar-refractivity contribution in [2.45, 2.75) is 12.8 Å². The zero-order chi connectivity index (χ0) is 15.1. The molecule has 0 aliphatic rings. The van der Waals surface area contributed by atoms with E-state index in [9.17, 15) is 0 Å². The van der Waals surface area contributed by atoms with Gasteiger partial charge in [0.15, 0.2) is 11.8 Å². The van der Waals surface area contributed by atoms with E-state index in [0.717, 1.165) is 17.8 Å². The third kappa shape index (κ3) is 3.98. The van der Waals surface area contributed by atoms with Gasteiger partial charge in [-0.05, 0) is 25.0 Å². The molecule has 2 rings (SSSR count). The molecule has 108 valence electrons. The summed E-state index contributed by atoms with van der Waals surface area (Å²) in [7, 11) is 0. The number of aromatic nitrogens is 2. The highest BCUT2D eigenvalue weighted by molar-refractivity contribution is 5.92. The summed E-state index contributed by atoms with van der Waals surface area (Å²) in [5, 5.41) is 18.5. The van der Waals surface area contributed by atoms with Crippen LogP contribution in [0, 0.1) is 11.3 Å². The summed E-state index contributed by atoms with van der Waals surface area (Å²) < 4.78 is 0. The van der Waals surface area contributed by atoms with Crippen LogP contribution in [0.4, 0.5) is 11.5 Å². The Bertz CT molecular complexity index is 652. The summed E-state index contributed by atoms with van der Waals surface area (Å²) in [6, 6.07) is 11.6. The minimum atomic E-state index is 0.237. The molecule has 0 fully saturated rings. The number of nitriles is 1. The van der Waals surface area contributed by atoms with Crippen molar-refractivity contribution in [3.05, 3.63) is 41.6 Å². The first kappa shape index (κ1) is 14.4. The van der Waals surface area contributed by atoms with Crippen molar-refractivity contribution in [1.82, 2.24) is 10.2 Å². The number of aliphatic imine (C=N–C) groups is 1. The Hall–Kier alpha value is -3.01. The fourth-order valence-electron chi connectivity index (χ4n) is 1.86. The molecular formula is C14H17N7. The monoisotopic (exact) mass is 283 g/mol. The predicted molar refractivity (Wildman–Crippen MR) is 82.6 cm³/mol. The van der Waals surface area contributed by atoms with Gasteiger partial charge in [0.1, 0.15) is 11.6 Å². The number of aryl methyl sites for hydroxylation is 1. The van der Waals surface area contributed by atoms with Crippen LogP contribution in [-0.2, 0) is 6.42 Å². The molecule has 0 aliphatic carbocycles. The Morgan fingerprint density at radius 3 is 2.86 bits per heavy atom. The van der Waals surface area contributed by atoms with Crippen molar-refractivity contribution < 1.29 is 0 Å². The molecule has 0 aliphatic heterocycles. The number of H-pyrrole nitrogens is 1. The standard InChI is InChI=1S/C14H17N7/c15-9-11-12(20-21-13(11)16)7-4-8-18-14(17)19-10-5-2-1-3-6-10/h1-3,5-6H,4,7-8H2,(H3,16,20,21)(H3,17,18,19). The van der Waals surface area contributed by atoms with E-state index < -0.39 is 0 Å². The van der Waals surface area contributed by atoms with E-state index in [1.807, 2.05) is 36.4 Å². The quantitative estimate of drug-likeness (QED) is 0.372. The predicted octanol–water partition coefficient (Wildman–Crippen LogP) is 1.22. The molecule has 2 aromatic rings. The molecule has 6 N–H and O–H groups in total. The number of nitrogens with two attached hydrogens (primary N) is 2. The van der Waals surface area contributed by atoms with Crippen molar-refractivity contribution in [1.29, 1.82) is 5.26 Å². The van der Waals surface area contributed by atoms with E-state index in [4.69, 9.17) is 16.7 Å². The number of anilines is 2. The van der Waals surface area contributed by atoms with Crippen LogP contribution in [0.5, 0.6) is 0 Å². The summed E-state index contributed by atoms with van der Waals surface area (Å²) in [5.74, 6) is 0.604. The average molecular weight is 283 g/mol. The number of guanidine groups is 1. The van der Waals surface area contributed by atoms with Gasteiger partial charge in [-0.15, -0.1) is 0 Å². The lowest BCUT2D eigenvalue weighted by Crippen LogP contribution is -2.22. The molecule has 1 aromatic carbocycles. The second kappa shape index (κ2) is 6.96. The Morgan fingerprint density at radius 2 is 2.14 bits per heavy atom. The number of hydrogen-bond donors (Lipinski definition) is 4. The van der Waals surface area contributed by atoms with E-state index in [1.165, 1.54) is 0 Å². The Morgan fingerprint density at radius 1 is 1.38 bits per heavy atom. The Balaban J connectivity index is 1.81. The maximum atomic E-state index is 8.95. The summed E-state index contributed by atoms with van der Waals surface area (Å²) >= 11 is 0. The first-order valence-corrected chi connectivity index (χ1v) is 6.55. The van der Waals surface area contributed by atoms with Crippen LogP contribution in [0.25, 0.3) is 0 Å². The average Bonchev–Trinajstić information content (AvgIpc) is 2.85. The van der Waals surface area contributed by atoms with Crippen molar-refractivity contribution in [3.8, 4) is 6.07 Å². The molecule has 0 unspecified atom stereocenters. The highest BCUT2D eigenvalue weighted by Crippen LogP contribution is 2.13. The van der Waals surface area contributed by atoms with Crippen LogP contribution in [-0.4, -0.2) is 22.7 Å². The molecule has 1 heterocycles. The molecule has 0 bridgehead atoms. The van der Waals surface area contributed by atoms with Crippen LogP contribution in [0.1, 0.15) is 17.7 Å². The lowest BCUT2D eigenvalue weighted by molar-refractivity contribution is 0.802. The number of nitrogens with one attached hydrogen (secondary N) is 2. The molecule has 1 aromatic heterocycles. The smallest absolute Gasteiger partial charge is 0.193 e. The SMILES string of the molecule is N#Cc1c(N)n[nH]c1CCCN=C(N)Nc1ccccc1. The Kier molecular flexibility index (Phi) is 4.77. The zero-order valence-corrected chi connectivity index (χ0v) is 11.5. The van der Waals surface area contributed by atoms with E-state index in [-0.39, 0.29) is 5.82 Å². The number of nitrogens with zero attached hydrogens (tertiary/aromatic N) is 3. The van der Waals surface area contributed by atoms with Crippen molar-refractivity contribution in [2.24, 2.45) is 10.7 Å². The minimum absolute atomic E-state index is 0.237. The second-order valence-corrected chi connectivity index (χ2v) is 4.44. The number of rotatable bonds is 5. The van der Waals surface area contributed by atoms with E-state index in [2.05, 4.69) is 20.5 Å². The van der Waals surface area contributed by atoms with Crippen LogP contribution in [0.2, 0.25) is 0 Å². The molecule has 0 saturated heterocycles. The van der Waals surface area contributed by atoms with Crippen LogP contribution in [0.15, 0.2) is 35.3 Å². The van der Waals surface area contributed by atoms with Crippen LogP contribution < -0.4 is 16.8 Å². The summed E-state index contributed by atoms with van der Waals surface area (Å²) in [6.45, 7) is 0.551. The summed E-state index contributed by atoms with van der Waals surface area (Å²) in [4.78, 5) is 4.23. The number of hydrogen-bond acceptors (Lipinski definition) is 4. The van der Waals surface area contributed by atoms with Crippen LogP contribution in [0.3, 0.4) is 0 Å². The Labute approximate surface area is 122 Å². The molecule has 0 amide bonds. The van der Waals surface area contributed by atoms with Gasteiger partial charge in [-0.3, -0.25) is 10.1 Å². The summed E-state index contributed by atoms with van der Waals surface area (Å²) in [5.41, 5.74) is 13.4. The fraction of sp³-hybridized carbons (Fsp3) is 0.214. The number of benzene rings is 1. The molecule has 0 spiro atoms. The third-order valence-corrected chi connectivity index (χ3v) is 2.89. The highest BCUT2D eigenvalue weighted by atomic mass is 15.2. The lowest BCUT2D eigenvalue weighted by atomic mass is 10.1. The topological polar surface area (TPSA) is 129 Å².